The topological polar surface area (TPSA) is 47.7 Å². The molecule has 4 nitrogen and oxygen atoms in total. The SMILES string of the molecule is CCC1CN(C2CCC3(CC2)OCCO3)CCC1N. The largest absolute Gasteiger partial charge is 0.348 e. The van der Waals surface area contributed by atoms with Gasteiger partial charge in [-0.3, -0.25) is 4.90 Å². The molecule has 2 heterocycles. The molecule has 0 aromatic carbocycles. The van der Waals surface area contributed by atoms with Gasteiger partial charge in [-0.1, -0.05) is 13.3 Å². The quantitative estimate of drug-likeness (QED) is 0.828. The molecule has 0 amide bonds. The third kappa shape index (κ3) is 2.82. The van der Waals surface area contributed by atoms with Crippen LogP contribution in [0, 0.1) is 5.92 Å². The first-order valence-corrected chi connectivity index (χ1v) is 8.00. The van der Waals surface area contributed by atoms with Gasteiger partial charge in [-0.15, -0.1) is 0 Å². The Bertz CT molecular complexity index is 295. The van der Waals surface area contributed by atoms with Crippen molar-refractivity contribution in [3.8, 4) is 0 Å². The fourth-order valence-corrected chi connectivity index (χ4v) is 4.04. The molecule has 2 aliphatic heterocycles. The summed E-state index contributed by atoms with van der Waals surface area (Å²) in [7, 11) is 0. The van der Waals surface area contributed by atoms with Crippen molar-refractivity contribution < 1.29 is 9.47 Å². The van der Waals surface area contributed by atoms with E-state index in [1.165, 1.54) is 32.4 Å². The van der Waals surface area contributed by atoms with Gasteiger partial charge < -0.3 is 15.2 Å². The predicted octanol–water partition coefficient (Wildman–Crippen LogP) is 1.73. The Morgan fingerprint density at radius 2 is 1.84 bits per heavy atom. The molecular weight excluding hydrogens is 240 g/mol. The molecule has 1 spiro atoms. The summed E-state index contributed by atoms with van der Waals surface area (Å²) in [6, 6.07) is 1.14. The molecule has 3 fully saturated rings. The van der Waals surface area contributed by atoms with Crippen molar-refractivity contribution in [1.82, 2.24) is 4.90 Å². The summed E-state index contributed by atoms with van der Waals surface area (Å²) < 4.78 is 11.6. The van der Waals surface area contributed by atoms with E-state index in [1.54, 1.807) is 0 Å². The predicted molar refractivity (Wildman–Crippen MR) is 74.8 cm³/mol. The van der Waals surface area contributed by atoms with E-state index in [0.717, 1.165) is 38.5 Å². The molecule has 2 unspecified atom stereocenters. The molecule has 3 aliphatic rings. The van der Waals surface area contributed by atoms with Crippen LogP contribution in [0.4, 0.5) is 0 Å². The van der Waals surface area contributed by atoms with Crippen molar-refractivity contribution >= 4 is 0 Å². The van der Waals surface area contributed by atoms with Crippen molar-refractivity contribution in [2.45, 2.75) is 63.3 Å². The standard InChI is InChI=1S/C15H28N2O2/c1-2-12-11-17(8-5-14(12)16)13-3-6-15(7-4-13)18-9-10-19-15/h12-14H,2-11,16H2,1H3. The minimum Gasteiger partial charge on any atom is -0.348 e. The van der Waals surface area contributed by atoms with Gasteiger partial charge in [0.05, 0.1) is 13.2 Å². The maximum Gasteiger partial charge on any atom is 0.168 e. The third-order valence-electron chi connectivity index (χ3n) is 5.40. The van der Waals surface area contributed by atoms with Crippen molar-refractivity contribution in [3.05, 3.63) is 0 Å². The molecule has 2 atom stereocenters. The summed E-state index contributed by atoms with van der Waals surface area (Å²) in [6.45, 7) is 6.19. The van der Waals surface area contributed by atoms with E-state index >= 15 is 0 Å². The lowest BCUT2D eigenvalue weighted by atomic mass is 9.85. The molecule has 0 aromatic heterocycles. The van der Waals surface area contributed by atoms with Gasteiger partial charge in [0.1, 0.15) is 0 Å². The lowest BCUT2D eigenvalue weighted by molar-refractivity contribution is -0.184. The van der Waals surface area contributed by atoms with Gasteiger partial charge >= 0.3 is 0 Å². The first kappa shape index (κ1) is 13.8. The van der Waals surface area contributed by atoms with Crippen LogP contribution in [0.15, 0.2) is 0 Å². The zero-order valence-corrected chi connectivity index (χ0v) is 12.1. The number of nitrogens with two attached hydrogens (primary N) is 1. The summed E-state index contributed by atoms with van der Waals surface area (Å²) in [6.07, 6.45) is 6.93. The number of rotatable bonds is 2. The van der Waals surface area contributed by atoms with E-state index in [4.69, 9.17) is 15.2 Å². The number of nitrogens with zero attached hydrogens (tertiary/aromatic N) is 1. The average Bonchev–Trinajstić information content (AvgIpc) is 2.89. The average molecular weight is 268 g/mol. The monoisotopic (exact) mass is 268 g/mol. The zero-order chi connectivity index (χ0) is 13.3. The highest BCUT2D eigenvalue weighted by molar-refractivity contribution is 4.90. The smallest absolute Gasteiger partial charge is 0.168 e. The van der Waals surface area contributed by atoms with E-state index in [2.05, 4.69) is 11.8 Å². The number of ether oxygens (including phenoxy) is 2. The Morgan fingerprint density at radius 3 is 2.47 bits per heavy atom. The molecule has 0 radical (unpaired) electrons. The second-order valence-electron chi connectivity index (χ2n) is 6.45. The molecule has 0 aromatic rings. The number of likely N-dealkylation sites (tertiary alicyclic amines) is 1. The maximum absolute atomic E-state index is 6.21. The molecule has 110 valence electrons. The van der Waals surface area contributed by atoms with Crippen LogP contribution in [0.25, 0.3) is 0 Å². The minimum atomic E-state index is -0.215. The Balaban J connectivity index is 1.53. The number of hydrogen-bond acceptors (Lipinski definition) is 4. The molecule has 2 saturated heterocycles. The van der Waals surface area contributed by atoms with Gasteiger partial charge in [-0.05, 0) is 31.7 Å². The van der Waals surface area contributed by atoms with E-state index in [1.807, 2.05) is 0 Å². The van der Waals surface area contributed by atoms with E-state index in [-0.39, 0.29) is 5.79 Å². The first-order chi connectivity index (χ1) is 9.22. The highest BCUT2D eigenvalue weighted by Gasteiger charge is 2.42. The zero-order valence-electron chi connectivity index (χ0n) is 12.1. The summed E-state index contributed by atoms with van der Waals surface area (Å²) >= 11 is 0. The highest BCUT2D eigenvalue weighted by Crippen LogP contribution is 2.38. The lowest BCUT2D eigenvalue weighted by Gasteiger charge is -2.45. The van der Waals surface area contributed by atoms with Crippen LogP contribution >= 0.6 is 0 Å². The van der Waals surface area contributed by atoms with Gasteiger partial charge in [-0.25, -0.2) is 0 Å². The van der Waals surface area contributed by atoms with E-state index < -0.39 is 0 Å². The van der Waals surface area contributed by atoms with E-state index in [9.17, 15) is 0 Å². The minimum absolute atomic E-state index is 0.215. The van der Waals surface area contributed by atoms with Crippen LogP contribution in [-0.4, -0.2) is 49.1 Å². The van der Waals surface area contributed by atoms with Gasteiger partial charge in [0.15, 0.2) is 5.79 Å². The van der Waals surface area contributed by atoms with Crippen LogP contribution in [0.3, 0.4) is 0 Å². The van der Waals surface area contributed by atoms with Gasteiger partial charge in [-0.2, -0.15) is 0 Å². The summed E-state index contributed by atoms with van der Waals surface area (Å²) in [4.78, 5) is 2.68. The van der Waals surface area contributed by atoms with Crippen LogP contribution < -0.4 is 5.73 Å². The first-order valence-electron chi connectivity index (χ1n) is 8.00. The lowest BCUT2D eigenvalue weighted by Crippen LogP contribution is -2.52. The van der Waals surface area contributed by atoms with Crippen molar-refractivity contribution in [2.24, 2.45) is 11.7 Å². The Kier molecular flexibility index (Phi) is 4.13. The third-order valence-corrected chi connectivity index (χ3v) is 5.40. The van der Waals surface area contributed by atoms with Crippen LogP contribution in [-0.2, 0) is 9.47 Å². The highest BCUT2D eigenvalue weighted by atomic mass is 16.7. The Hall–Kier alpha value is -0.160. The van der Waals surface area contributed by atoms with Crippen molar-refractivity contribution in [2.75, 3.05) is 26.3 Å². The van der Waals surface area contributed by atoms with Crippen molar-refractivity contribution in [1.29, 1.82) is 0 Å². The van der Waals surface area contributed by atoms with Crippen molar-refractivity contribution in [3.63, 3.8) is 0 Å². The summed E-state index contributed by atoms with van der Waals surface area (Å²) in [5.74, 6) is 0.468. The second kappa shape index (κ2) is 5.68. The van der Waals surface area contributed by atoms with Crippen LogP contribution in [0.2, 0.25) is 0 Å². The van der Waals surface area contributed by atoms with Gasteiger partial charge in [0.2, 0.25) is 0 Å². The van der Waals surface area contributed by atoms with E-state index in [0.29, 0.717) is 12.0 Å². The molecule has 3 rings (SSSR count). The summed E-state index contributed by atoms with van der Waals surface area (Å²) in [5.41, 5.74) is 6.21. The molecule has 2 N–H and O–H groups in total. The molecule has 0 bridgehead atoms. The fourth-order valence-electron chi connectivity index (χ4n) is 4.04. The molecular formula is C15H28N2O2. The Labute approximate surface area is 116 Å². The van der Waals surface area contributed by atoms with Gasteiger partial charge in [0.25, 0.3) is 0 Å². The molecule has 19 heavy (non-hydrogen) atoms. The molecule has 1 saturated carbocycles. The Morgan fingerprint density at radius 1 is 1.16 bits per heavy atom. The second-order valence-corrected chi connectivity index (χ2v) is 6.45. The molecule has 1 aliphatic carbocycles. The van der Waals surface area contributed by atoms with Crippen LogP contribution in [0.1, 0.15) is 45.4 Å². The van der Waals surface area contributed by atoms with Crippen LogP contribution in [0.5, 0.6) is 0 Å². The number of piperidine rings is 1. The maximum atomic E-state index is 6.21. The normalized spacial score (nSPS) is 36.9. The fraction of sp³-hybridized carbons (Fsp3) is 1.00. The molecule has 4 heteroatoms. The number of hydrogen-bond donors (Lipinski definition) is 1. The van der Waals surface area contributed by atoms with Gasteiger partial charge in [0, 0.05) is 31.5 Å². The summed E-state index contributed by atoms with van der Waals surface area (Å²) in [5, 5.41) is 0.